The molecule has 1 rings (SSSR count). The molecule has 0 radical (unpaired) electrons. The van der Waals surface area contributed by atoms with Crippen LogP contribution in [-0.4, -0.2) is 17.0 Å². The number of rotatable bonds is 4. The predicted molar refractivity (Wildman–Crippen MR) is 55.7 cm³/mol. The number of nitro benzene ring substituents is 1. The second-order valence-corrected chi connectivity index (χ2v) is 2.78. The first-order chi connectivity index (χ1) is 7.54. The summed E-state index contributed by atoms with van der Waals surface area (Å²) in [7, 11) is 1.38. The Kier molecular flexibility index (Phi) is 3.54. The second kappa shape index (κ2) is 4.87. The third-order valence-corrected chi connectivity index (χ3v) is 1.81. The summed E-state index contributed by atoms with van der Waals surface area (Å²) in [6.45, 7) is 0. The van der Waals surface area contributed by atoms with Crippen molar-refractivity contribution in [1.82, 2.24) is 0 Å². The van der Waals surface area contributed by atoms with E-state index in [1.54, 1.807) is 0 Å². The summed E-state index contributed by atoms with van der Waals surface area (Å²) in [5.41, 5.74) is -0.0834. The summed E-state index contributed by atoms with van der Waals surface area (Å²) in [6.07, 6.45) is 1.71. The Labute approximate surface area is 90.3 Å². The maximum absolute atomic E-state index is 10.7. The Morgan fingerprint density at radius 2 is 2.00 bits per heavy atom. The van der Waals surface area contributed by atoms with E-state index in [4.69, 9.17) is 4.74 Å². The molecular weight excluding hydrogens is 216 g/mol. The lowest BCUT2D eigenvalue weighted by molar-refractivity contribution is -0.401. The minimum absolute atomic E-state index is 0.155. The average Bonchev–Trinajstić information content (AvgIpc) is 2.25. The number of nitrogens with zero attached hydrogens (tertiary/aromatic N) is 2. The van der Waals surface area contributed by atoms with E-state index in [1.165, 1.54) is 25.3 Å². The number of methoxy groups -OCH3 is 1. The molecule has 0 aromatic heterocycles. The van der Waals surface area contributed by atoms with E-state index in [0.717, 1.165) is 6.08 Å². The molecule has 0 fully saturated rings. The van der Waals surface area contributed by atoms with Crippen LogP contribution in [-0.2, 0) is 0 Å². The molecule has 1 aromatic rings. The van der Waals surface area contributed by atoms with E-state index in [9.17, 15) is 20.2 Å². The van der Waals surface area contributed by atoms with Gasteiger partial charge in [-0.1, -0.05) is 0 Å². The van der Waals surface area contributed by atoms with Gasteiger partial charge in [0.2, 0.25) is 6.20 Å². The highest BCUT2D eigenvalue weighted by molar-refractivity contribution is 5.62. The molecule has 0 N–H and O–H groups in total. The van der Waals surface area contributed by atoms with Crippen LogP contribution in [0.1, 0.15) is 5.56 Å². The highest BCUT2D eigenvalue weighted by Crippen LogP contribution is 2.25. The van der Waals surface area contributed by atoms with Gasteiger partial charge in [0.1, 0.15) is 5.75 Å². The third kappa shape index (κ3) is 2.77. The smallest absolute Gasteiger partial charge is 0.280 e. The molecular formula is C9H8N2O5. The van der Waals surface area contributed by atoms with Crippen molar-refractivity contribution in [2.24, 2.45) is 0 Å². The Bertz CT molecular complexity index is 455. The van der Waals surface area contributed by atoms with Crippen LogP contribution in [0.3, 0.4) is 0 Å². The average molecular weight is 224 g/mol. The molecule has 0 aliphatic carbocycles. The van der Waals surface area contributed by atoms with Crippen molar-refractivity contribution < 1.29 is 14.6 Å². The van der Waals surface area contributed by atoms with E-state index in [2.05, 4.69) is 0 Å². The second-order valence-electron chi connectivity index (χ2n) is 2.78. The minimum atomic E-state index is -0.687. The van der Waals surface area contributed by atoms with Gasteiger partial charge in [0.15, 0.2) is 0 Å². The first-order valence-electron chi connectivity index (χ1n) is 4.18. The highest BCUT2D eigenvalue weighted by Gasteiger charge is 2.13. The van der Waals surface area contributed by atoms with Gasteiger partial charge in [-0.3, -0.25) is 20.2 Å². The summed E-state index contributed by atoms with van der Waals surface area (Å²) in [6, 6.07) is 4.09. The molecule has 16 heavy (non-hydrogen) atoms. The Morgan fingerprint density at radius 1 is 1.31 bits per heavy atom. The van der Waals surface area contributed by atoms with Crippen molar-refractivity contribution >= 4 is 11.8 Å². The van der Waals surface area contributed by atoms with Crippen molar-refractivity contribution in [2.45, 2.75) is 0 Å². The maximum atomic E-state index is 10.7. The van der Waals surface area contributed by atoms with Gasteiger partial charge in [-0.15, -0.1) is 0 Å². The van der Waals surface area contributed by atoms with E-state index in [0.29, 0.717) is 11.9 Å². The number of hydrogen-bond acceptors (Lipinski definition) is 5. The molecule has 0 saturated heterocycles. The van der Waals surface area contributed by atoms with Crippen LogP contribution in [0.15, 0.2) is 24.4 Å². The topological polar surface area (TPSA) is 95.5 Å². The number of benzene rings is 1. The summed E-state index contributed by atoms with van der Waals surface area (Å²) in [4.78, 5) is 19.5. The van der Waals surface area contributed by atoms with Crippen LogP contribution < -0.4 is 4.74 Å². The van der Waals surface area contributed by atoms with Gasteiger partial charge in [-0.2, -0.15) is 0 Å². The molecule has 0 aliphatic heterocycles. The fourth-order valence-electron chi connectivity index (χ4n) is 1.09. The highest BCUT2D eigenvalue weighted by atomic mass is 16.6. The van der Waals surface area contributed by atoms with Crippen LogP contribution in [0.4, 0.5) is 5.69 Å². The molecule has 1 aromatic carbocycles. The lowest BCUT2D eigenvalue weighted by Crippen LogP contribution is -1.93. The van der Waals surface area contributed by atoms with Gasteiger partial charge in [-0.25, -0.2) is 0 Å². The van der Waals surface area contributed by atoms with E-state index in [1.807, 2.05) is 0 Å². The molecule has 0 aliphatic rings. The van der Waals surface area contributed by atoms with Crippen molar-refractivity contribution in [3.8, 4) is 5.75 Å². The van der Waals surface area contributed by atoms with Crippen molar-refractivity contribution in [2.75, 3.05) is 7.11 Å². The lowest BCUT2D eigenvalue weighted by Gasteiger charge is -2.00. The minimum Gasteiger partial charge on any atom is -0.497 e. The quantitative estimate of drug-likeness (QED) is 0.574. The standard InChI is InChI=1S/C9H8N2O5/c1-16-8-3-2-7(4-5-10(12)13)9(6-8)11(14)15/h2-6H,1H3/b5-4+. The van der Waals surface area contributed by atoms with Crippen LogP contribution in [0.25, 0.3) is 6.08 Å². The predicted octanol–water partition coefficient (Wildman–Crippen LogP) is 1.85. The summed E-state index contributed by atoms with van der Waals surface area (Å²) in [5, 5.41) is 20.8. The Morgan fingerprint density at radius 3 is 2.50 bits per heavy atom. The van der Waals surface area contributed by atoms with Crippen LogP contribution in [0.5, 0.6) is 5.75 Å². The van der Waals surface area contributed by atoms with Gasteiger partial charge in [0.05, 0.1) is 28.6 Å². The van der Waals surface area contributed by atoms with E-state index >= 15 is 0 Å². The van der Waals surface area contributed by atoms with Gasteiger partial charge in [0, 0.05) is 6.08 Å². The van der Waals surface area contributed by atoms with Gasteiger partial charge in [0.25, 0.3) is 5.69 Å². The molecule has 0 atom stereocenters. The first-order valence-corrected chi connectivity index (χ1v) is 4.18. The Balaban J connectivity index is 3.18. The molecule has 7 nitrogen and oxygen atoms in total. The molecule has 84 valence electrons. The summed E-state index contributed by atoms with van der Waals surface area (Å²) in [5.74, 6) is 0.324. The third-order valence-electron chi connectivity index (χ3n) is 1.81. The normalized spacial score (nSPS) is 10.3. The number of hydrogen-bond donors (Lipinski definition) is 0. The largest absolute Gasteiger partial charge is 0.497 e. The number of nitro groups is 2. The lowest BCUT2D eigenvalue weighted by atomic mass is 10.1. The SMILES string of the molecule is COc1ccc(/C=C/[N+](=O)[O-])c([N+](=O)[O-])c1. The van der Waals surface area contributed by atoms with Gasteiger partial charge < -0.3 is 4.74 Å². The molecule has 7 heteroatoms. The van der Waals surface area contributed by atoms with Crippen LogP contribution in [0.2, 0.25) is 0 Å². The van der Waals surface area contributed by atoms with E-state index in [-0.39, 0.29) is 11.3 Å². The van der Waals surface area contributed by atoms with Gasteiger partial charge in [-0.05, 0) is 12.1 Å². The van der Waals surface area contributed by atoms with E-state index < -0.39 is 9.85 Å². The van der Waals surface area contributed by atoms with Gasteiger partial charge >= 0.3 is 0 Å². The monoisotopic (exact) mass is 224 g/mol. The van der Waals surface area contributed by atoms with Crippen molar-refractivity contribution in [3.05, 3.63) is 50.2 Å². The molecule has 0 bridgehead atoms. The zero-order valence-corrected chi connectivity index (χ0v) is 8.32. The fourth-order valence-corrected chi connectivity index (χ4v) is 1.09. The first kappa shape index (κ1) is 11.6. The maximum Gasteiger partial charge on any atom is 0.280 e. The van der Waals surface area contributed by atoms with Crippen LogP contribution in [0, 0.1) is 20.2 Å². The zero-order chi connectivity index (χ0) is 12.1. The Hall–Kier alpha value is -2.44. The van der Waals surface area contributed by atoms with Crippen LogP contribution >= 0.6 is 0 Å². The number of ether oxygens (including phenoxy) is 1. The van der Waals surface area contributed by atoms with Crippen molar-refractivity contribution in [1.29, 1.82) is 0 Å². The molecule has 0 saturated carbocycles. The summed E-state index contributed by atoms with van der Waals surface area (Å²) >= 11 is 0. The molecule has 0 unspecified atom stereocenters. The van der Waals surface area contributed by atoms with Crippen molar-refractivity contribution in [3.63, 3.8) is 0 Å². The molecule has 0 heterocycles. The molecule has 0 amide bonds. The fraction of sp³-hybridized carbons (Fsp3) is 0.111. The zero-order valence-electron chi connectivity index (χ0n) is 8.32. The molecule has 0 spiro atoms. The summed E-state index contributed by atoms with van der Waals surface area (Å²) < 4.78 is 4.82.